The first-order valence-electron chi connectivity index (χ1n) is 11.5. The van der Waals surface area contributed by atoms with E-state index in [1.165, 1.54) is 12.1 Å². The maximum atomic E-state index is 13.5. The normalized spacial score (nSPS) is 15.7. The van der Waals surface area contributed by atoms with Crippen molar-refractivity contribution in [2.45, 2.75) is 45.6 Å². The molecule has 1 atom stereocenters. The fourth-order valence-corrected chi connectivity index (χ4v) is 4.44. The molecule has 0 spiro atoms. The molecule has 7 nitrogen and oxygen atoms in total. The predicted octanol–water partition coefficient (Wildman–Crippen LogP) is 4.90. The maximum absolute atomic E-state index is 13.5. The van der Waals surface area contributed by atoms with Crippen LogP contribution in [0.3, 0.4) is 0 Å². The highest BCUT2D eigenvalue weighted by Crippen LogP contribution is 2.28. The van der Waals surface area contributed by atoms with Gasteiger partial charge in [-0.05, 0) is 81.0 Å². The van der Waals surface area contributed by atoms with E-state index in [0.717, 1.165) is 42.1 Å². The van der Waals surface area contributed by atoms with Gasteiger partial charge in [-0.3, -0.25) is 9.47 Å². The van der Waals surface area contributed by atoms with Crippen molar-refractivity contribution in [3.05, 3.63) is 58.6 Å². The zero-order chi connectivity index (χ0) is 24.1. The van der Waals surface area contributed by atoms with Crippen LogP contribution < -0.4 is 9.47 Å². The lowest BCUT2D eigenvalue weighted by Gasteiger charge is -2.18. The number of ether oxygens (including phenoxy) is 3. The lowest BCUT2D eigenvalue weighted by atomic mass is 10.2. The number of hydrogen-bond donors (Lipinski definition) is 0. The molecule has 34 heavy (non-hydrogen) atoms. The largest absolute Gasteiger partial charge is 0.493 e. The number of hydrogen-bond acceptors (Lipinski definition) is 6. The second-order valence-electron chi connectivity index (χ2n) is 8.43. The number of rotatable bonds is 10. The quantitative estimate of drug-likeness (QED) is 0.380. The van der Waals surface area contributed by atoms with Crippen LogP contribution in [0.1, 0.15) is 25.3 Å². The summed E-state index contributed by atoms with van der Waals surface area (Å²) in [7, 11) is 3.66. The van der Waals surface area contributed by atoms with Crippen molar-refractivity contribution in [1.29, 1.82) is 0 Å². The average molecular weight is 487 g/mol. The van der Waals surface area contributed by atoms with Crippen LogP contribution in [0.25, 0.3) is 11.4 Å². The molecular weight excluding hydrogens is 455 g/mol. The second-order valence-corrected chi connectivity index (χ2v) is 8.80. The van der Waals surface area contributed by atoms with E-state index in [4.69, 9.17) is 31.5 Å². The van der Waals surface area contributed by atoms with Gasteiger partial charge in [0.2, 0.25) is 0 Å². The summed E-state index contributed by atoms with van der Waals surface area (Å²) in [4.78, 5) is 2.13. The molecule has 1 aliphatic rings. The zero-order valence-electron chi connectivity index (χ0n) is 19.9. The van der Waals surface area contributed by atoms with Gasteiger partial charge in [0, 0.05) is 18.7 Å². The molecule has 0 unspecified atom stereocenters. The van der Waals surface area contributed by atoms with Crippen LogP contribution in [0, 0.1) is 10.6 Å². The third-order valence-electron chi connectivity index (χ3n) is 5.79. The van der Waals surface area contributed by atoms with Crippen molar-refractivity contribution >= 4 is 12.2 Å². The van der Waals surface area contributed by atoms with Crippen molar-refractivity contribution in [2.75, 3.05) is 27.4 Å². The van der Waals surface area contributed by atoms with E-state index in [9.17, 15) is 4.39 Å². The van der Waals surface area contributed by atoms with Crippen molar-refractivity contribution in [3.8, 4) is 22.9 Å². The van der Waals surface area contributed by atoms with E-state index >= 15 is 0 Å². The van der Waals surface area contributed by atoms with Gasteiger partial charge >= 0.3 is 0 Å². The molecule has 0 N–H and O–H groups in total. The number of halogens is 1. The van der Waals surface area contributed by atoms with E-state index in [2.05, 4.69) is 4.90 Å². The first-order valence-corrected chi connectivity index (χ1v) is 11.9. The molecule has 4 rings (SSSR count). The van der Waals surface area contributed by atoms with Crippen molar-refractivity contribution < 1.29 is 18.6 Å². The maximum Gasteiger partial charge on any atom is 0.199 e. The molecule has 0 bridgehead atoms. The summed E-state index contributed by atoms with van der Waals surface area (Å²) in [5, 5.41) is 4.82. The van der Waals surface area contributed by atoms with Crippen LogP contribution in [-0.4, -0.2) is 52.7 Å². The minimum absolute atomic E-state index is 0.109. The van der Waals surface area contributed by atoms with Gasteiger partial charge in [0.05, 0.1) is 33.0 Å². The summed E-state index contributed by atoms with van der Waals surface area (Å²) in [6.45, 7) is 5.11. The molecule has 0 saturated carbocycles. The van der Waals surface area contributed by atoms with Gasteiger partial charge in [-0.1, -0.05) is 6.07 Å². The van der Waals surface area contributed by atoms with E-state index in [1.54, 1.807) is 19.2 Å². The van der Waals surface area contributed by atoms with E-state index < -0.39 is 0 Å². The lowest BCUT2D eigenvalue weighted by molar-refractivity contribution is 0.0967. The number of methoxy groups -OCH3 is 1. The third kappa shape index (κ3) is 5.65. The summed E-state index contributed by atoms with van der Waals surface area (Å²) >= 11 is 5.81. The summed E-state index contributed by atoms with van der Waals surface area (Å²) in [6, 6.07) is 12.3. The highest BCUT2D eigenvalue weighted by molar-refractivity contribution is 7.71. The topological polar surface area (TPSA) is 53.7 Å². The average Bonchev–Trinajstić information content (AvgIpc) is 3.45. The Balaban J connectivity index is 1.56. The van der Waals surface area contributed by atoms with Gasteiger partial charge in [0.25, 0.3) is 0 Å². The molecule has 2 aromatic carbocycles. The zero-order valence-corrected chi connectivity index (χ0v) is 20.7. The fraction of sp³-hybridized carbons (Fsp3) is 0.440. The number of nitrogens with zero attached hydrogens (tertiary/aromatic N) is 4. The Morgan fingerprint density at radius 3 is 2.68 bits per heavy atom. The lowest BCUT2D eigenvalue weighted by Crippen LogP contribution is -2.23. The molecule has 1 saturated heterocycles. The molecule has 0 amide bonds. The van der Waals surface area contributed by atoms with Gasteiger partial charge < -0.3 is 14.2 Å². The van der Waals surface area contributed by atoms with Gasteiger partial charge in [0.1, 0.15) is 5.82 Å². The van der Waals surface area contributed by atoms with Crippen molar-refractivity contribution in [2.24, 2.45) is 0 Å². The number of aromatic nitrogens is 3. The Morgan fingerprint density at radius 1 is 1.21 bits per heavy atom. The molecule has 1 aromatic heterocycles. The summed E-state index contributed by atoms with van der Waals surface area (Å²) < 4.78 is 34.9. The Hall–Kier alpha value is -2.75. The van der Waals surface area contributed by atoms with E-state index in [-0.39, 0.29) is 11.9 Å². The fourth-order valence-electron chi connectivity index (χ4n) is 4.18. The molecule has 9 heteroatoms. The first-order chi connectivity index (χ1) is 16.5. The molecule has 0 aliphatic carbocycles. The standard InChI is InChI=1S/C25H31FN4O3S/c1-4-32-22-12-7-18(14-23(22)31-3)15-28(2)17-30-25(34)29(16-21-6-5-13-33-21)24(27-30)19-8-10-20(26)11-9-19/h7-12,14,21H,4-6,13,15-17H2,1-3H3/t21-/m0/s1. The smallest absolute Gasteiger partial charge is 0.199 e. The Labute approximate surface area is 204 Å². The van der Waals surface area contributed by atoms with Gasteiger partial charge in [-0.2, -0.15) is 5.10 Å². The van der Waals surface area contributed by atoms with Crippen molar-refractivity contribution in [1.82, 2.24) is 19.2 Å². The molecule has 1 fully saturated rings. The van der Waals surface area contributed by atoms with Crippen molar-refractivity contribution in [3.63, 3.8) is 0 Å². The van der Waals surface area contributed by atoms with Crippen LogP contribution >= 0.6 is 12.2 Å². The van der Waals surface area contributed by atoms with Gasteiger partial charge in [-0.15, -0.1) is 0 Å². The number of benzene rings is 2. The Bertz CT molecular complexity index is 1160. The highest BCUT2D eigenvalue weighted by atomic mass is 32.1. The van der Waals surface area contributed by atoms with Gasteiger partial charge in [-0.25, -0.2) is 9.07 Å². The van der Waals surface area contributed by atoms with Crippen LogP contribution in [0.5, 0.6) is 11.5 Å². The summed E-state index contributed by atoms with van der Waals surface area (Å²) in [5.41, 5.74) is 1.91. The van der Waals surface area contributed by atoms with Gasteiger partial charge in [0.15, 0.2) is 22.1 Å². The third-order valence-corrected chi connectivity index (χ3v) is 6.22. The predicted molar refractivity (Wildman–Crippen MR) is 131 cm³/mol. The molecular formula is C25H31FN4O3S. The van der Waals surface area contributed by atoms with Crippen LogP contribution in [0.2, 0.25) is 0 Å². The minimum atomic E-state index is -0.280. The SMILES string of the molecule is CCOc1ccc(CN(C)Cn2nc(-c3ccc(F)cc3)n(C[C@@H]3CCCO3)c2=S)cc1OC. The molecule has 1 aliphatic heterocycles. The molecule has 3 aromatic rings. The second kappa shape index (κ2) is 11.1. The highest BCUT2D eigenvalue weighted by Gasteiger charge is 2.21. The van der Waals surface area contributed by atoms with Crippen LogP contribution in [0.4, 0.5) is 4.39 Å². The Kier molecular flexibility index (Phi) is 7.97. The molecule has 182 valence electrons. The van der Waals surface area contributed by atoms with E-state index in [1.807, 2.05) is 41.4 Å². The monoisotopic (exact) mass is 486 g/mol. The van der Waals surface area contributed by atoms with Crippen LogP contribution in [-0.2, 0) is 24.5 Å². The minimum Gasteiger partial charge on any atom is -0.493 e. The molecule has 0 radical (unpaired) electrons. The molecule has 2 heterocycles. The summed E-state index contributed by atoms with van der Waals surface area (Å²) in [6.07, 6.45) is 2.15. The summed E-state index contributed by atoms with van der Waals surface area (Å²) in [5.74, 6) is 1.88. The first kappa shape index (κ1) is 24.4. The Morgan fingerprint density at radius 2 is 2.00 bits per heavy atom. The van der Waals surface area contributed by atoms with E-state index in [0.29, 0.717) is 36.9 Å². The van der Waals surface area contributed by atoms with Crippen LogP contribution in [0.15, 0.2) is 42.5 Å².